The first-order chi connectivity index (χ1) is 15.8. The zero-order valence-electron chi connectivity index (χ0n) is 18.4. The van der Waals surface area contributed by atoms with E-state index in [9.17, 15) is 18.0 Å². The second kappa shape index (κ2) is 9.48. The van der Waals surface area contributed by atoms with Crippen molar-refractivity contribution in [1.29, 1.82) is 0 Å². The minimum Gasteiger partial charge on any atom is -0.449 e. The van der Waals surface area contributed by atoms with E-state index in [1.165, 1.54) is 23.2 Å². The van der Waals surface area contributed by atoms with Crippen LogP contribution in [0.5, 0.6) is 0 Å². The molecule has 0 bridgehead atoms. The molecule has 0 aliphatic carbocycles. The summed E-state index contributed by atoms with van der Waals surface area (Å²) < 4.78 is 30.9. The highest BCUT2D eigenvalue weighted by Gasteiger charge is 2.36. The summed E-state index contributed by atoms with van der Waals surface area (Å²) in [5, 5.41) is 6.49. The molecule has 2 aromatic heterocycles. The van der Waals surface area contributed by atoms with Gasteiger partial charge in [0.05, 0.1) is 22.1 Å². The summed E-state index contributed by atoms with van der Waals surface area (Å²) in [6.45, 7) is 3.64. The third kappa shape index (κ3) is 5.01. The van der Waals surface area contributed by atoms with Gasteiger partial charge in [0.1, 0.15) is 11.3 Å². The number of nitrogens with zero attached hydrogens (tertiary/aromatic N) is 3. The van der Waals surface area contributed by atoms with Gasteiger partial charge in [0.15, 0.2) is 15.9 Å². The van der Waals surface area contributed by atoms with Crippen molar-refractivity contribution in [3.8, 4) is 16.3 Å². The zero-order valence-corrected chi connectivity index (χ0v) is 20.0. The molecule has 1 amide bonds. The van der Waals surface area contributed by atoms with Crippen LogP contribution in [0.3, 0.4) is 0 Å². The maximum absolute atomic E-state index is 13.1. The molecule has 0 spiro atoms. The molecule has 1 saturated heterocycles. The summed E-state index contributed by atoms with van der Waals surface area (Å²) in [6, 6.07) is 12.8. The number of benzene rings is 1. The van der Waals surface area contributed by atoms with Crippen molar-refractivity contribution in [1.82, 2.24) is 14.7 Å². The smallest absolute Gasteiger partial charge is 0.342 e. The summed E-state index contributed by atoms with van der Waals surface area (Å²) in [5.74, 6) is -1.05. The molecule has 3 aromatic rings. The van der Waals surface area contributed by atoms with Crippen molar-refractivity contribution in [2.75, 3.05) is 18.1 Å². The SMILES string of the molecule is CCN(C(=O)[C@@H](C)OC(=O)c1cn(-c2ccccc2)nc1-c1cccs1)[C@@H]1CCS(=O)(=O)C1. The van der Waals surface area contributed by atoms with E-state index in [0.29, 0.717) is 18.7 Å². The van der Waals surface area contributed by atoms with Gasteiger partial charge in [0.2, 0.25) is 0 Å². The molecule has 2 atom stereocenters. The molecule has 10 heteroatoms. The molecule has 0 unspecified atom stereocenters. The first kappa shape index (κ1) is 23.2. The highest BCUT2D eigenvalue weighted by Crippen LogP contribution is 2.29. The number of carbonyl (C=O) groups excluding carboxylic acids is 2. The Labute approximate surface area is 196 Å². The Balaban J connectivity index is 1.56. The highest BCUT2D eigenvalue weighted by molar-refractivity contribution is 7.91. The lowest BCUT2D eigenvalue weighted by molar-refractivity contribution is -0.141. The largest absolute Gasteiger partial charge is 0.449 e. The van der Waals surface area contributed by atoms with E-state index >= 15 is 0 Å². The molecule has 0 saturated carbocycles. The van der Waals surface area contributed by atoms with Crippen LogP contribution in [-0.4, -0.2) is 65.2 Å². The van der Waals surface area contributed by atoms with Crippen LogP contribution in [0.4, 0.5) is 0 Å². The minimum atomic E-state index is -3.14. The Morgan fingerprint density at radius 1 is 1.24 bits per heavy atom. The van der Waals surface area contributed by atoms with Gasteiger partial charge in [-0.3, -0.25) is 4.79 Å². The summed E-state index contributed by atoms with van der Waals surface area (Å²) in [6.07, 6.45) is 0.942. The van der Waals surface area contributed by atoms with Crippen LogP contribution in [0.15, 0.2) is 54.0 Å². The van der Waals surface area contributed by atoms with Crippen LogP contribution in [0.2, 0.25) is 0 Å². The normalized spacial score (nSPS) is 18.1. The van der Waals surface area contributed by atoms with E-state index in [0.717, 1.165) is 10.6 Å². The molecule has 0 N–H and O–H groups in total. The number of ether oxygens (including phenoxy) is 1. The molecular weight excluding hydrogens is 462 g/mol. The summed E-state index contributed by atoms with van der Waals surface area (Å²) in [5.41, 5.74) is 1.53. The summed E-state index contributed by atoms with van der Waals surface area (Å²) >= 11 is 1.45. The van der Waals surface area contributed by atoms with Crippen molar-refractivity contribution in [3.63, 3.8) is 0 Å². The Morgan fingerprint density at radius 2 is 2.00 bits per heavy atom. The highest BCUT2D eigenvalue weighted by atomic mass is 32.2. The van der Waals surface area contributed by atoms with E-state index < -0.39 is 33.9 Å². The quantitative estimate of drug-likeness (QED) is 0.475. The number of hydrogen-bond donors (Lipinski definition) is 0. The molecule has 1 aliphatic rings. The molecule has 1 aromatic carbocycles. The standard InChI is InChI=1S/C23H25N3O5S2/c1-3-25(18-11-13-33(29,30)15-18)22(27)16(2)31-23(28)19-14-26(17-8-5-4-6-9-17)24-21(19)20-10-7-12-32-20/h4-10,12,14,16,18H,3,11,13,15H2,1-2H3/t16-,18-/m1/s1. The molecule has 0 radical (unpaired) electrons. The van der Waals surface area contributed by atoms with Gasteiger partial charge >= 0.3 is 5.97 Å². The Hall–Kier alpha value is -2.98. The first-order valence-electron chi connectivity index (χ1n) is 10.7. The van der Waals surface area contributed by atoms with Gasteiger partial charge < -0.3 is 9.64 Å². The zero-order chi connectivity index (χ0) is 23.6. The van der Waals surface area contributed by atoms with Gasteiger partial charge in [-0.25, -0.2) is 17.9 Å². The van der Waals surface area contributed by atoms with Crippen molar-refractivity contribution in [2.45, 2.75) is 32.4 Å². The topological polar surface area (TPSA) is 98.6 Å². The number of rotatable bonds is 7. The second-order valence-corrected chi connectivity index (χ2v) is 11.1. The van der Waals surface area contributed by atoms with Gasteiger partial charge in [-0.2, -0.15) is 5.10 Å². The molecule has 1 aliphatic heterocycles. The lowest BCUT2D eigenvalue weighted by Gasteiger charge is -2.29. The van der Waals surface area contributed by atoms with E-state index in [1.807, 2.05) is 47.8 Å². The number of sulfone groups is 1. The van der Waals surface area contributed by atoms with Crippen LogP contribution in [0.1, 0.15) is 30.6 Å². The summed E-state index contributed by atoms with van der Waals surface area (Å²) in [7, 11) is -3.14. The van der Waals surface area contributed by atoms with Gasteiger partial charge in [-0.1, -0.05) is 24.3 Å². The number of esters is 1. The Morgan fingerprint density at radius 3 is 2.61 bits per heavy atom. The van der Waals surface area contributed by atoms with Crippen molar-refractivity contribution < 1.29 is 22.7 Å². The predicted molar refractivity (Wildman–Crippen MR) is 126 cm³/mol. The molecule has 33 heavy (non-hydrogen) atoms. The van der Waals surface area contributed by atoms with E-state index in [4.69, 9.17) is 4.74 Å². The molecular formula is C23H25N3O5S2. The average molecular weight is 488 g/mol. The lowest BCUT2D eigenvalue weighted by atomic mass is 10.2. The number of hydrogen-bond acceptors (Lipinski definition) is 7. The number of likely N-dealkylation sites (N-methyl/N-ethyl adjacent to an activating group) is 1. The van der Waals surface area contributed by atoms with Gasteiger partial charge in [-0.15, -0.1) is 11.3 Å². The minimum absolute atomic E-state index is 0.0559. The van der Waals surface area contributed by atoms with Gasteiger partial charge in [0.25, 0.3) is 5.91 Å². The third-order valence-corrected chi connectivity index (χ3v) is 8.24. The maximum Gasteiger partial charge on any atom is 0.342 e. The monoisotopic (exact) mass is 487 g/mol. The van der Waals surface area contributed by atoms with E-state index in [2.05, 4.69) is 5.10 Å². The van der Waals surface area contributed by atoms with Crippen LogP contribution >= 0.6 is 11.3 Å². The predicted octanol–water partition coefficient (Wildman–Crippen LogP) is 3.18. The second-order valence-electron chi connectivity index (χ2n) is 7.88. The Kier molecular flexibility index (Phi) is 6.66. The molecule has 3 heterocycles. The molecule has 4 rings (SSSR count). The molecule has 1 fully saturated rings. The maximum atomic E-state index is 13.1. The fourth-order valence-electron chi connectivity index (χ4n) is 3.95. The van der Waals surface area contributed by atoms with Gasteiger partial charge in [-0.05, 0) is 43.8 Å². The van der Waals surface area contributed by atoms with E-state index in [-0.39, 0.29) is 17.1 Å². The number of aromatic nitrogens is 2. The van der Waals surface area contributed by atoms with Crippen LogP contribution < -0.4 is 0 Å². The number of amides is 1. The van der Waals surface area contributed by atoms with Gasteiger partial charge in [0, 0.05) is 18.8 Å². The first-order valence-corrected chi connectivity index (χ1v) is 13.4. The van der Waals surface area contributed by atoms with Crippen LogP contribution in [-0.2, 0) is 19.4 Å². The number of thiophene rings is 1. The van der Waals surface area contributed by atoms with Crippen LogP contribution in [0.25, 0.3) is 16.3 Å². The fraction of sp³-hybridized carbons (Fsp3) is 0.348. The Bertz CT molecular complexity index is 1240. The third-order valence-electron chi connectivity index (χ3n) is 5.61. The lowest BCUT2D eigenvalue weighted by Crippen LogP contribution is -2.46. The fourth-order valence-corrected chi connectivity index (χ4v) is 6.41. The van der Waals surface area contributed by atoms with Crippen molar-refractivity contribution >= 4 is 33.1 Å². The van der Waals surface area contributed by atoms with E-state index in [1.54, 1.807) is 17.8 Å². The number of carbonyl (C=O) groups is 2. The average Bonchev–Trinajstić information content (AvgIpc) is 3.54. The van der Waals surface area contributed by atoms with Crippen LogP contribution in [0, 0.1) is 0 Å². The van der Waals surface area contributed by atoms with Crippen molar-refractivity contribution in [3.05, 3.63) is 59.6 Å². The summed E-state index contributed by atoms with van der Waals surface area (Å²) in [4.78, 5) is 28.4. The number of para-hydroxylation sites is 1. The molecule has 8 nitrogen and oxygen atoms in total. The molecule has 174 valence electrons. The van der Waals surface area contributed by atoms with Crippen molar-refractivity contribution in [2.24, 2.45) is 0 Å².